The Balaban J connectivity index is 1.75. The van der Waals surface area contributed by atoms with E-state index in [-0.39, 0.29) is 18.0 Å². The van der Waals surface area contributed by atoms with E-state index in [1.54, 1.807) is 0 Å². The maximum Gasteiger partial charge on any atom is 0.259 e. The molecule has 1 fully saturated rings. The Labute approximate surface area is 155 Å². The van der Waals surface area contributed by atoms with Gasteiger partial charge < -0.3 is 0 Å². The maximum absolute atomic E-state index is 13.4. The van der Waals surface area contributed by atoms with Crippen LogP contribution in [0.4, 0.5) is 0 Å². The summed E-state index contributed by atoms with van der Waals surface area (Å²) in [6.45, 7) is 3.92. The van der Waals surface area contributed by atoms with Gasteiger partial charge in [0.15, 0.2) is 0 Å². The summed E-state index contributed by atoms with van der Waals surface area (Å²) in [6.07, 6.45) is 6.26. The Hall–Kier alpha value is -2.68. The van der Waals surface area contributed by atoms with Crippen LogP contribution in [0.3, 0.4) is 0 Å². The fraction of sp³-hybridized carbons (Fsp3) is 0.304. The number of hydrogen-bond donors (Lipinski definition) is 0. The summed E-state index contributed by atoms with van der Waals surface area (Å²) in [5.74, 6) is 1.35. The van der Waals surface area contributed by atoms with Crippen molar-refractivity contribution in [3.05, 3.63) is 84.4 Å². The molecule has 3 heteroatoms. The van der Waals surface area contributed by atoms with E-state index in [1.165, 1.54) is 0 Å². The minimum Gasteiger partial charge on any atom is -0.287 e. The summed E-state index contributed by atoms with van der Waals surface area (Å²) in [4.78, 5) is 20.4. The van der Waals surface area contributed by atoms with E-state index < -0.39 is 0 Å². The van der Waals surface area contributed by atoms with Crippen molar-refractivity contribution < 1.29 is 4.79 Å². The van der Waals surface area contributed by atoms with Crippen molar-refractivity contribution >= 4 is 11.7 Å². The van der Waals surface area contributed by atoms with Gasteiger partial charge in [-0.15, -0.1) is 6.58 Å². The molecule has 4 rings (SSSR count). The Kier molecular flexibility index (Phi) is 4.70. The van der Waals surface area contributed by atoms with Crippen LogP contribution in [0.1, 0.15) is 41.6 Å². The summed E-state index contributed by atoms with van der Waals surface area (Å²) in [6, 6.07) is 20.0. The third-order valence-corrected chi connectivity index (χ3v) is 5.52. The summed E-state index contributed by atoms with van der Waals surface area (Å²) in [7, 11) is 0. The number of amides is 1. The van der Waals surface area contributed by atoms with Crippen molar-refractivity contribution in [2.24, 2.45) is 10.9 Å². The number of hydrogen-bond acceptors (Lipinski definition) is 2. The molecule has 26 heavy (non-hydrogen) atoms. The normalized spacial score (nSPS) is 24.7. The predicted octanol–water partition coefficient (Wildman–Crippen LogP) is 4.70. The third-order valence-electron chi connectivity index (χ3n) is 5.52. The number of carbonyl (C=O) groups excluding carboxylic acids is 1. The average Bonchev–Trinajstić information content (AvgIpc) is 3.09. The van der Waals surface area contributed by atoms with Crippen molar-refractivity contribution in [2.45, 2.75) is 37.8 Å². The zero-order valence-electron chi connectivity index (χ0n) is 14.9. The van der Waals surface area contributed by atoms with Crippen molar-refractivity contribution in [3.63, 3.8) is 0 Å². The van der Waals surface area contributed by atoms with E-state index >= 15 is 0 Å². The smallest absolute Gasteiger partial charge is 0.259 e. The van der Waals surface area contributed by atoms with Crippen molar-refractivity contribution in [1.82, 2.24) is 4.90 Å². The van der Waals surface area contributed by atoms with E-state index in [2.05, 4.69) is 6.58 Å². The molecule has 2 aliphatic rings. The van der Waals surface area contributed by atoms with Crippen LogP contribution in [0.5, 0.6) is 0 Å². The number of rotatable bonds is 4. The molecule has 0 spiro atoms. The van der Waals surface area contributed by atoms with Crippen LogP contribution in [0.2, 0.25) is 0 Å². The molecule has 0 N–H and O–H groups in total. The van der Waals surface area contributed by atoms with Crippen LogP contribution in [0.15, 0.2) is 78.3 Å². The molecule has 132 valence electrons. The maximum atomic E-state index is 13.4. The van der Waals surface area contributed by atoms with Gasteiger partial charge in [0.1, 0.15) is 5.84 Å². The van der Waals surface area contributed by atoms with E-state index in [1.807, 2.05) is 71.6 Å². The quantitative estimate of drug-likeness (QED) is 0.740. The standard InChI is InChI=1S/C23H24N2O/c1-2-10-17-15-9-16-20-21(17)24-22(18-11-5-3-6-12-18)25(20)23(26)19-13-7-4-8-14-19/h2-8,11-14,17,20-21H,1,9-10,15-16H2/t17-,20-,21+/m0/s1. The van der Waals surface area contributed by atoms with Gasteiger partial charge in [0.05, 0.1) is 12.1 Å². The second-order valence-electron chi connectivity index (χ2n) is 7.13. The molecule has 1 saturated carbocycles. The van der Waals surface area contributed by atoms with Gasteiger partial charge in [-0.1, -0.05) is 61.0 Å². The lowest BCUT2D eigenvalue weighted by Crippen LogP contribution is -2.47. The van der Waals surface area contributed by atoms with Gasteiger partial charge in [-0.25, -0.2) is 0 Å². The first-order chi connectivity index (χ1) is 12.8. The number of amidine groups is 1. The van der Waals surface area contributed by atoms with Gasteiger partial charge in [-0.3, -0.25) is 14.7 Å². The summed E-state index contributed by atoms with van der Waals surface area (Å²) in [5, 5.41) is 0. The van der Waals surface area contributed by atoms with Crippen LogP contribution in [-0.4, -0.2) is 28.7 Å². The van der Waals surface area contributed by atoms with E-state index in [9.17, 15) is 4.79 Å². The molecule has 1 aliphatic carbocycles. The molecule has 0 radical (unpaired) electrons. The summed E-state index contributed by atoms with van der Waals surface area (Å²) < 4.78 is 0. The van der Waals surface area contributed by atoms with Gasteiger partial charge in [-0.2, -0.15) is 0 Å². The van der Waals surface area contributed by atoms with Crippen LogP contribution in [-0.2, 0) is 0 Å². The topological polar surface area (TPSA) is 32.7 Å². The van der Waals surface area contributed by atoms with Gasteiger partial charge in [0.2, 0.25) is 0 Å². The monoisotopic (exact) mass is 344 g/mol. The number of fused-ring (bicyclic) bond motifs is 1. The highest BCUT2D eigenvalue weighted by Crippen LogP contribution is 2.38. The number of allylic oxidation sites excluding steroid dienone is 1. The van der Waals surface area contributed by atoms with Gasteiger partial charge >= 0.3 is 0 Å². The van der Waals surface area contributed by atoms with Crippen LogP contribution < -0.4 is 0 Å². The highest BCUT2D eigenvalue weighted by atomic mass is 16.2. The lowest BCUT2D eigenvalue weighted by molar-refractivity contribution is 0.0764. The first kappa shape index (κ1) is 16.8. The number of nitrogens with zero attached hydrogens (tertiary/aromatic N) is 2. The molecule has 2 aromatic rings. The van der Waals surface area contributed by atoms with Gasteiger partial charge in [-0.05, 0) is 37.3 Å². The Bertz CT molecular complexity index is 813. The number of aliphatic imine (C=N–C) groups is 1. The molecular formula is C23H24N2O. The Morgan fingerprint density at radius 2 is 1.77 bits per heavy atom. The van der Waals surface area contributed by atoms with Crippen LogP contribution >= 0.6 is 0 Å². The predicted molar refractivity (Wildman–Crippen MR) is 105 cm³/mol. The SMILES string of the molecule is C=CC[C@H]1CCC[C@H]2[C@@H]1N=C(c1ccccc1)N2C(=O)c1ccccc1. The second kappa shape index (κ2) is 7.28. The Morgan fingerprint density at radius 3 is 2.46 bits per heavy atom. The van der Waals surface area contributed by atoms with Crippen molar-refractivity contribution in [3.8, 4) is 0 Å². The fourth-order valence-electron chi connectivity index (χ4n) is 4.32. The summed E-state index contributed by atoms with van der Waals surface area (Å²) >= 11 is 0. The molecule has 3 nitrogen and oxygen atoms in total. The number of carbonyl (C=O) groups is 1. The molecule has 0 bridgehead atoms. The van der Waals surface area contributed by atoms with Crippen LogP contribution in [0, 0.1) is 5.92 Å². The molecule has 1 aliphatic heterocycles. The van der Waals surface area contributed by atoms with E-state index in [0.717, 1.165) is 42.6 Å². The largest absolute Gasteiger partial charge is 0.287 e. The zero-order valence-corrected chi connectivity index (χ0v) is 14.9. The molecule has 0 aromatic heterocycles. The lowest BCUT2D eigenvalue weighted by Gasteiger charge is -2.36. The summed E-state index contributed by atoms with van der Waals surface area (Å²) in [5.41, 5.74) is 1.74. The van der Waals surface area contributed by atoms with E-state index in [0.29, 0.717) is 5.92 Å². The highest BCUT2D eigenvalue weighted by Gasteiger charge is 2.45. The number of benzene rings is 2. The fourth-order valence-corrected chi connectivity index (χ4v) is 4.32. The third kappa shape index (κ3) is 2.98. The minimum absolute atomic E-state index is 0.0555. The molecule has 1 amide bonds. The van der Waals surface area contributed by atoms with Crippen molar-refractivity contribution in [1.29, 1.82) is 0 Å². The second-order valence-corrected chi connectivity index (χ2v) is 7.13. The first-order valence-electron chi connectivity index (χ1n) is 9.42. The minimum atomic E-state index is 0.0555. The molecule has 0 unspecified atom stereocenters. The lowest BCUT2D eigenvalue weighted by atomic mass is 9.79. The first-order valence-corrected chi connectivity index (χ1v) is 9.42. The molecule has 1 heterocycles. The highest BCUT2D eigenvalue weighted by molar-refractivity contribution is 6.14. The molecule has 2 aromatic carbocycles. The van der Waals surface area contributed by atoms with Gasteiger partial charge in [0.25, 0.3) is 5.91 Å². The molecular weight excluding hydrogens is 320 g/mol. The molecule has 3 atom stereocenters. The van der Waals surface area contributed by atoms with Gasteiger partial charge in [0, 0.05) is 11.1 Å². The van der Waals surface area contributed by atoms with Crippen molar-refractivity contribution in [2.75, 3.05) is 0 Å². The Morgan fingerprint density at radius 1 is 1.08 bits per heavy atom. The average molecular weight is 344 g/mol. The molecule has 0 saturated heterocycles. The van der Waals surface area contributed by atoms with Crippen LogP contribution in [0.25, 0.3) is 0 Å². The van der Waals surface area contributed by atoms with E-state index in [4.69, 9.17) is 4.99 Å². The zero-order chi connectivity index (χ0) is 17.9.